The van der Waals surface area contributed by atoms with Crippen LogP contribution in [-0.4, -0.2) is 40.0 Å². The lowest BCUT2D eigenvalue weighted by atomic mass is 10.1. The molecule has 0 bridgehead atoms. The maximum Gasteiger partial charge on any atom is 0.337 e. The first kappa shape index (κ1) is 21.2. The Morgan fingerprint density at radius 1 is 0.767 bits per heavy atom. The summed E-state index contributed by atoms with van der Waals surface area (Å²) < 4.78 is 0. The highest BCUT2D eigenvalue weighted by molar-refractivity contribution is 5.93. The van der Waals surface area contributed by atoms with Crippen molar-refractivity contribution in [2.24, 2.45) is 0 Å². The Morgan fingerprint density at radius 2 is 1.30 bits per heavy atom. The number of aromatic carboxylic acids is 1. The van der Waals surface area contributed by atoms with Gasteiger partial charge in [0.15, 0.2) is 0 Å². The smallest absolute Gasteiger partial charge is 0.337 e. The molecule has 0 atom stereocenters. The van der Waals surface area contributed by atoms with Gasteiger partial charge in [0.2, 0.25) is 0 Å². The average Bonchev–Trinajstić information content (AvgIpc) is 2.79. The summed E-state index contributed by atoms with van der Waals surface area (Å²) in [5, 5.41) is 9.04. The van der Waals surface area contributed by atoms with Gasteiger partial charge in [0.1, 0.15) is 5.69 Å². The van der Waals surface area contributed by atoms with Crippen LogP contribution in [0.1, 0.15) is 44.8 Å². The largest absolute Gasteiger partial charge is 0.478 e. The summed E-state index contributed by atoms with van der Waals surface area (Å²) in [6.07, 6.45) is 4.74. The quantitative estimate of drug-likeness (QED) is 0.542. The Morgan fingerprint density at radius 3 is 1.73 bits per heavy atom. The molecular weight excluding hydrogens is 376 g/mol. The molecule has 0 saturated carbocycles. The van der Waals surface area contributed by atoms with Gasteiger partial charge in [-0.1, -0.05) is 60.7 Å². The molecule has 1 heterocycles. The van der Waals surface area contributed by atoms with Gasteiger partial charge in [-0.2, -0.15) is 0 Å². The van der Waals surface area contributed by atoms with Crippen LogP contribution in [0.15, 0.2) is 79.0 Å². The number of hydrogen-bond acceptors (Lipinski definition) is 3. The molecule has 0 aliphatic carbocycles. The summed E-state index contributed by atoms with van der Waals surface area (Å²) in [5.74, 6) is -1.21. The van der Waals surface area contributed by atoms with Gasteiger partial charge in [-0.05, 0) is 48.9 Å². The predicted octanol–water partition coefficient (Wildman–Crippen LogP) is 4.49. The molecule has 1 N–H and O–H groups in total. The number of carboxylic acid groups (broad SMARTS) is 1. The van der Waals surface area contributed by atoms with Gasteiger partial charge in [0.05, 0.1) is 5.56 Å². The zero-order valence-electron chi connectivity index (χ0n) is 16.9. The Labute approximate surface area is 177 Å². The van der Waals surface area contributed by atoms with Crippen LogP contribution in [0.5, 0.6) is 0 Å². The van der Waals surface area contributed by atoms with Crippen LogP contribution < -0.4 is 0 Å². The van der Waals surface area contributed by atoms with Crippen molar-refractivity contribution >= 4 is 11.9 Å². The molecule has 1 amide bonds. The summed E-state index contributed by atoms with van der Waals surface area (Å²) in [4.78, 5) is 30.0. The van der Waals surface area contributed by atoms with Crippen molar-refractivity contribution < 1.29 is 14.7 Å². The van der Waals surface area contributed by atoms with Crippen molar-refractivity contribution in [3.63, 3.8) is 0 Å². The Hall–Kier alpha value is -3.47. The summed E-state index contributed by atoms with van der Waals surface area (Å²) in [6.45, 7) is 1.26. The molecule has 5 heteroatoms. The molecular formula is C25H26N2O3. The van der Waals surface area contributed by atoms with Crippen molar-refractivity contribution in [3.05, 3.63) is 101 Å². The molecule has 0 spiro atoms. The lowest BCUT2D eigenvalue weighted by Crippen LogP contribution is -2.34. The highest BCUT2D eigenvalue weighted by Gasteiger charge is 2.17. The van der Waals surface area contributed by atoms with Crippen molar-refractivity contribution in [1.29, 1.82) is 0 Å². The standard InChI is InChI=1S/C25H26N2O3/c28-24(23-16-15-22(19-26-23)25(29)30)27(17-7-13-20-9-3-1-4-10-20)18-8-14-21-11-5-2-6-12-21/h1-6,9-12,15-16,19H,7-8,13-14,17-18H2,(H,29,30). The highest BCUT2D eigenvalue weighted by Crippen LogP contribution is 2.10. The number of amides is 1. The molecule has 0 unspecified atom stereocenters. The minimum absolute atomic E-state index is 0.0752. The SMILES string of the molecule is O=C(O)c1ccc(C(=O)N(CCCc2ccccc2)CCCc2ccccc2)nc1. The van der Waals surface area contributed by atoms with Crippen LogP contribution >= 0.6 is 0 Å². The second kappa shape index (κ2) is 10.9. The third-order valence-corrected chi connectivity index (χ3v) is 4.99. The van der Waals surface area contributed by atoms with E-state index < -0.39 is 5.97 Å². The lowest BCUT2D eigenvalue weighted by molar-refractivity contribution is 0.0692. The molecule has 1 aromatic heterocycles. The predicted molar refractivity (Wildman–Crippen MR) is 117 cm³/mol. The van der Waals surface area contributed by atoms with E-state index in [1.165, 1.54) is 29.5 Å². The second-order valence-corrected chi connectivity index (χ2v) is 7.21. The minimum Gasteiger partial charge on any atom is -0.478 e. The summed E-state index contributed by atoms with van der Waals surface area (Å²) in [5.41, 5.74) is 2.85. The monoisotopic (exact) mass is 402 g/mol. The molecule has 0 fully saturated rings. The first-order valence-electron chi connectivity index (χ1n) is 10.2. The number of nitrogens with zero attached hydrogens (tertiary/aromatic N) is 2. The Kier molecular flexibility index (Phi) is 7.72. The summed E-state index contributed by atoms with van der Waals surface area (Å²) >= 11 is 0. The molecule has 30 heavy (non-hydrogen) atoms. The third-order valence-electron chi connectivity index (χ3n) is 4.99. The third kappa shape index (κ3) is 6.27. The van der Waals surface area contributed by atoms with Gasteiger partial charge in [0.25, 0.3) is 5.91 Å². The molecule has 0 aliphatic rings. The molecule has 154 valence electrons. The van der Waals surface area contributed by atoms with E-state index in [0.29, 0.717) is 13.1 Å². The molecule has 3 aromatic rings. The van der Waals surface area contributed by atoms with E-state index >= 15 is 0 Å². The lowest BCUT2D eigenvalue weighted by Gasteiger charge is -2.22. The normalized spacial score (nSPS) is 10.5. The van der Waals surface area contributed by atoms with Gasteiger partial charge in [0, 0.05) is 19.3 Å². The first-order valence-corrected chi connectivity index (χ1v) is 10.2. The van der Waals surface area contributed by atoms with Gasteiger partial charge in [-0.25, -0.2) is 4.79 Å². The zero-order chi connectivity index (χ0) is 21.2. The maximum absolute atomic E-state index is 13.0. The van der Waals surface area contributed by atoms with Crippen molar-refractivity contribution in [3.8, 4) is 0 Å². The molecule has 0 saturated heterocycles. The van der Waals surface area contributed by atoms with E-state index in [2.05, 4.69) is 29.2 Å². The van der Waals surface area contributed by atoms with Crippen molar-refractivity contribution in [2.45, 2.75) is 25.7 Å². The molecule has 2 aromatic carbocycles. The van der Waals surface area contributed by atoms with Crippen LogP contribution in [0, 0.1) is 0 Å². The number of aromatic nitrogens is 1. The van der Waals surface area contributed by atoms with Gasteiger partial charge < -0.3 is 10.0 Å². The fraction of sp³-hybridized carbons (Fsp3) is 0.240. The Balaban J connectivity index is 1.63. The van der Waals surface area contributed by atoms with Gasteiger partial charge in [-0.15, -0.1) is 0 Å². The maximum atomic E-state index is 13.0. The average molecular weight is 402 g/mol. The van der Waals surface area contributed by atoms with Crippen molar-refractivity contribution in [1.82, 2.24) is 9.88 Å². The van der Waals surface area contributed by atoms with E-state index in [0.717, 1.165) is 25.7 Å². The molecule has 5 nitrogen and oxygen atoms in total. The van der Waals surface area contributed by atoms with E-state index in [1.807, 2.05) is 41.3 Å². The number of hydrogen-bond donors (Lipinski definition) is 1. The summed E-state index contributed by atoms with van der Waals surface area (Å²) in [7, 11) is 0. The summed E-state index contributed by atoms with van der Waals surface area (Å²) in [6, 6.07) is 23.4. The fourth-order valence-corrected chi connectivity index (χ4v) is 3.36. The molecule has 0 aliphatic heterocycles. The number of benzene rings is 2. The Bertz CT molecular complexity index is 896. The van der Waals surface area contributed by atoms with Crippen molar-refractivity contribution in [2.75, 3.05) is 13.1 Å². The number of carbonyl (C=O) groups is 2. The molecule has 0 radical (unpaired) electrons. The second-order valence-electron chi connectivity index (χ2n) is 7.21. The number of carbonyl (C=O) groups excluding carboxylic acids is 1. The van der Waals surface area contributed by atoms with Crippen LogP contribution in [0.2, 0.25) is 0 Å². The van der Waals surface area contributed by atoms with Crippen LogP contribution in [0.25, 0.3) is 0 Å². The van der Waals surface area contributed by atoms with E-state index in [4.69, 9.17) is 5.11 Å². The number of pyridine rings is 1. The fourth-order valence-electron chi connectivity index (χ4n) is 3.36. The molecule has 3 rings (SSSR count). The number of aryl methyl sites for hydroxylation is 2. The van der Waals surface area contributed by atoms with Gasteiger partial charge >= 0.3 is 5.97 Å². The number of rotatable bonds is 10. The van der Waals surface area contributed by atoms with E-state index in [1.54, 1.807) is 0 Å². The van der Waals surface area contributed by atoms with Crippen LogP contribution in [0.4, 0.5) is 0 Å². The highest BCUT2D eigenvalue weighted by atomic mass is 16.4. The van der Waals surface area contributed by atoms with E-state index in [-0.39, 0.29) is 17.2 Å². The van der Waals surface area contributed by atoms with Crippen LogP contribution in [-0.2, 0) is 12.8 Å². The first-order chi connectivity index (χ1) is 14.6. The minimum atomic E-state index is -1.05. The van der Waals surface area contributed by atoms with Gasteiger partial charge in [-0.3, -0.25) is 9.78 Å². The van der Waals surface area contributed by atoms with E-state index in [9.17, 15) is 9.59 Å². The zero-order valence-corrected chi connectivity index (χ0v) is 16.9. The number of carboxylic acids is 1. The topological polar surface area (TPSA) is 70.5 Å². The van der Waals surface area contributed by atoms with Crippen LogP contribution in [0.3, 0.4) is 0 Å².